The van der Waals surface area contributed by atoms with Gasteiger partial charge in [-0.15, -0.1) is 0 Å². The Morgan fingerprint density at radius 2 is 1.84 bits per heavy atom. The maximum absolute atomic E-state index is 12.1. The number of carbonyl (C=O) groups is 1. The molecule has 1 aliphatic carbocycles. The second-order valence-corrected chi connectivity index (χ2v) is 6.40. The van der Waals surface area contributed by atoms with Gasteiger partial charge in [-0.1, -0.05) is 26.2 Å². The molecule has 1 heterocycles. The van der Waals surface area contributed by atoms with Crippen LogP contribution >= 0.6 is 0 Å². The number of piperidine rings is 1. The molecule has 2 rings (SSSR count). The SMILES string of the molecule is CC1CCCCCC1NC(=O)CN1CCC(N)CC1. The lowest BCUT2D eigenvalue weighted by Gasteiger charge is -2.30. The van der Waals surface area contributed by atoms with Crippen LogP contribution in [0.2, 0.25) is 0 Å². The summed E-state index contributed by atoms with van der Waals surface area (Å²) in [7, 11) is 0. The van der Waals surface area contributed by atoms with E-state index in [9.17, 15) is 4.79 Å². The standard InChI is InChI=1S/C15H29N3O/c1-12-5-3-2-4-6-14(12)17-15(19)11-18-9-7-13(16)8-10-18/h12-14H,2-11,16H2,1H3,(H,17,19). The molecule has 1 aliphatic heterocycles. The van der Waals surface area contributed by atoms with Crippen LogP contribution in [-0.4, -0.2) is 42.5 Å². The Balaban J connectivity index is 1.73. The van der Waals surface area contributed by atoms with E-state index in [1.807, 2.05) is 0 Å². The first kappa shape index (κ1) is 14.8. The first-order valence-corrected chi connectivity index (χ1v) is 7.92. The monoisotopic (exact) mass is 267 g/mol. The molecule has 2 aliphatic rings. The Hall–Kier alpha value is -0.610. The molecule has 0 radical (unpaired) electrons. The highest BCUT2D eigenvalue weighted by Crippen LogP contribution is 2.22. The van der Waals surface area contributed by atoms with Crippen molar-refractivity contribution >= 4 is 5.91 Å². The van der Waals surface area contributed by atoms with Crippen LogP contribution in [-0.2, 0) is 4.79 Å². The number of hydrogen-bond donors (Lipinski definition) is 2. The molecule has 0 aromatic rings. The van der Waals surface area contributed by atoms with E-state index in [0.717, 1.165) is 32.4 Å². The van der Waals surface area contributed by atoms with Crippen molar-refractivity contribution in [3.63, 3.8) is 0 Å². The Bertz CT molecular complexity index is 287. The first-order valence-electron chi connectivity index (χ1n) is 7.92. The van der Waals surface area contributed by atoms with Gasteiger partial charge in [-0.05, 0) is 31.6 Å². The highest BCUT2D eigenvalue weighted by atomic mass is 16.2. The van der Waals surface area contributed by atoms with Crippen molar-refractivity contribution in [2.24, 2.45) is 11.7 Å². The van der Waals surface area contributed by atoms with Gasteiger partial charge in [0.2, 0.25) is 5.91 Å². The number of hydrogen-bond acceptors (Lipinski definition) is 3. The van der Waals surface area contributed by atoms with Crippen molar-refractivity contribution in [3.8, 4) is 0 Å². The Morgan fingerprint density at radius 1 is 1.16 bits per heavy atom. The van der Waals surface area contributed by atoms with E-state index >= 15 is 0 Å². The molecule has 4 nitrogen and oxygen atoms in total. The number of nitrogens with two attached hydrogens (primary N) is 1. The molecule has 1 amide bonds. The van der Waals surface area contributed by atoms with Crippen molar-refractivity contribution in [2.45, 2.75) is 64.0 Å². The largest absolute Gasteiger partial charge is 0.352 e. The summed E-state index contributed by atoms with van der Waals surface area (Å²) in [6.45, 7) is 4.76. The van der Waals surface area contributed by atoms with Gasteiger partial charge < -0.3 is 11.1 Å². The van der Waals surface area contributed by atoms with Gasteiger partial charge in [0.1, 0.15) is 0 Å². The Morgan fingerprint density at radius 3 is 2.58 bits per heavy atom. The maximum Gasteiger partial charge on any atom is 0.234 e. The zero-order valence-corrected chi connectivity index (χ0v) is 12.2. The first-order chi connectivity index (χ1) is 9.15. The van der Waals surface area contributed by atoms with Crippen molar-refractivity contribution in [2.75, 3.05) is 19.6 Å². The lowest BCUT2D eigenvalue weighted by Crippen LogP contribution is -2.47. The zero-order valence-electron chi connectivity index (χ0n) is 12.2. The molecule has 2 fully saturated rings. The molecule has 0 aromatic heterocycles. The molecule has 2 atom stereocenters. The minimum Gasteiger partial charge on any atom is -0.352 e. The minimum atomic E-state index is 0.203. The summed E-state index contributed by atoms with van der Waals surface area (Å²) >= 11 is 0. The topological polar surface area (TPSA) is 58.4 Å². The molecule has 0 spiro atoms. The van der Waals surface area contributed by atoms with Gasteiger partial charge in [-0.25, -0.2) is 0 Å². The molecule has 3 N–H and O–H groups in total. The van der Waals surface area contributed by atoms with Gasteiger partial charge in [0.15, 0.2) is 0 Å². The van der Waals surface area contributed by atoms with Gasteiger partial charge in [0.05, 0.1) is 6.54 Å². The van der Waals surface area contributed by atoms with Crippen LogP contribution in [0.25, 0.3) is 0 Å². The van der Waals surface area contributed by atoms with Crippen molar-refractivity contribution < 1.29 is 4.79 Å². The van der Waals surface area contributed by atoms with E-state index in [2.05, 4.69) is 17.1 Å². The molecule has 110 valence electrons. The molecule has 4 heteroatoms. The average molecular weight is 267 g/mol. The maximum atomic E-state index is 12.1. The summed E-state index contributed by atoms with van der Waals surface area (Å²) in [5.41, 5.74) is 5.89. The molecule has 0 aromatic carbocycles. The van der Waals surface area contributed by atoms with Crippen LogP contribution < -0.4 is 11.1 Å². The van der Waals surface area contributed by atoms with Crippen LogP contribution in [0.5, 0.6) is 0 Å². The molecule has 1 saturated carbocycles. The third-order valence-electron chi connectivity index (χ3n) is 4.71. The van der Waals surface area contributed by atoms with Crippen LogP contribution in [0.4, 0.5) is 0 Å². The van der Waals surface area contributed by atoms with Gasteiger partial charge in [-0.2, -0.15) is 0 Å². The quantitative estimate of drug-likeness (QED) is 0.762. The third kappa shape index (κ3) is 4.77. The summed E-state index contributed by atoms with van der Waals surface area (Å²) < 4.78 is 0. The Labute approximate surface area is 117 Å². The zero-order chi connectivity index (χ0) is 13.7. The smallest absolute Gasteiger partial charge is 0.234 e. The predicted octanol–water partition coefficient (Wildman–Crippen LogP) is 1.49. The van der Waals surface area contributed by atoms with Crippen LogP contribution in [0.1, 0.15) is 51.9 Å². The normalized spacial score (nSPS) is 30.8. The summed E-state index contributed by atoms with van der Waals surface area (Å²) in [5, 5.41) is 3.26. The number of rotatable bonds is 3. The van der Waals surface area contributed by atoms with E-state index in [1.54, 1.807) is 0 Å². The van der Waals surface area contributed by atoms with Crippen molar-refractivity contribution in [3.05, 3.63) is 0 Å². The summed E-state index contributed by atoms with van der Waals surface area (Å²) in [6, 6.07) is 0.725. The third-order valence-corrected chi connectivity index (χ3v) is 4.71. The molecular formula is C15H29N3O. The predicted molar refractivity (Wildman–Crippen MR) is 77.8 cm³/mol. The lowest BCUT2D eigenvalue weighted by molar-refractivity contribution is -0.123. The van der Waals surface area contributed by atoms with E-state index in [-0.39, 0.29) is 5.91 Å². The molecule has 0 bridgehead atoms. The molecule has 19 heavy (non-hydrogen) atoms. The van der Waals surface area contributed by atoms with E-state index in [4.69, 9.17) is 5.73 Å². The fraction of sp³-hybridized carbons (Fsp3) is 0.933. The number of amides is 1. The van der Waals surface area contributed by atoms with E-state index in [0.29, 0.717) is 24.5 Å². The van der Waals surface area contributed by atoms with Gasteiger partial charge in [-0.3, -0.25) is 9.69 Å². The summed E-state index contributed by atoms with van der Waals surface area (Å²) in [6.07, 6.45) is 8.34. The summed E-state index contributed by atoms with van der Waals surface area (Å²) in [5.74, 6) is 0.829. The highest BCUT2D eigenvalue weighted by molar-refractivity contribution is 5.78. The van der Waals surface area contributed by atoms with Gasteiger partial charge in [0.25, 0.3) is 0 Å². The van der Waals surface area contributed by atoms with Crippen molar-refractivity contribution in [1.82, 2.24) is 10.2 Å². The van der Waals surface area contributed by atoms with E-state index < -0.39 is 0 Å². The number of likely N-dealkylation sites (tertiary alicyclic amines) is 1. The van der Waals surface area contributed by atoms with Crippen LogP contribution in [0.15, 0.2) is 0 Å². The number of nitrogens with zero attached hydrogens (tertiary/aromatic N) is 1. The van der Waals surface area contributed by atoms with E-state index in [1.165, 1.54) is 25.7 Å². The number of nitrogens with one attached hydrogen (secondary N) is 1. The second-order valence-electron chi connectivity index (χ2n) is 6.40. The second kappa shape index (κ2) is 7.25. The molecular weight excluding hydrogens is 238 g/mol. The van der Waals surface area contributed by atoms with Gasteiger partial charge >= 0.3 is 0 Å². The van der Waals surface area contributed by atoms with Crippen LogP contribution in [0.3, 0.4) is 0 Å². The fourth-order valence-corrected chi connectivity index (χ4v) is 3.27. The van der Waals surface area contributed by atoms with Crippen LogP contribution in [0, 0.1) is 5.92 Å². The lowest BCUT2D eigenvalue weighted by atomic mass is 9.97. The molecule has 1 saturated heterocycles. The van der Waals surface area contributed by atoms with Crippen molar-refractivity contribution in [1.29, 1.82) is 0 Å². The minimum absolute atomic E-state index is 0.203. The summed E-state index contributed by atoms with van der Waals surface area (Å²) in [4.78, 5) is 14.4. The van der Waals surface area contributed by atoms with Gasteiger partial charge in [0, 0.05) is 25.2 Å². The molecule has 2 unspecified atom stereocenters. The average Bonchev–Trinajstić information content (AvgIpc) is 2.58. The number of carbonyl (C=O) groups excluding carboxylic acids is 1. The highest BCUT2D eigenvalue weighted by Gasteiger charge is 2.23. The fourth-order valence-electron chi connectivity index (χ4n) is 3.27. The Kier molecular flexibility index (Phi) is 5.64.